The number of amides is 1. The first kappa shape index (κ1) is 21.1. The Labute approximate surface area is 192 Å². The first-order valence-electron chi connectivity index (χ1n) is 11.1. The van der Waals surface area contributed by atoms with E-state index in [1.165, 1.54) is 12.1 Å². The number of allylic oxidation sites excluding steroid dienone is 1. The normalized spacial score (nSPS) is 21.2. The van der Waals surface area contributed by atoms with Gasteiger partial charge in [-0.25, -0.2) is 4.39 Å². The van der Waals surface area contributed by atoms with Crippen molar-refractivity contribution in [1.29, 1.82) is 0 Å². The lowest BCUT2D eigenvalue weighted by atomic mass is 9.72. The number of rotatable bonds is 2. The number of carbonyl (C=O) groups is 2. The minimum atomic E-state index is -0.695. The molecule has 0 aromatic heterocycles. The average Bonchev–Trinajstić information content (AvgIpc) is 2.92. The van der Waals surface area contributed by atoms with E-state index in [1.54, 1.807) is 29.2 Å². The number of nitrogens with zero attached hydrogens (tertiary/aromatic N) is 1. The standard InChI is InChI=1S/C28H25FN2O2/c1-28(2)16-22-25(24(32)17-28)26(19-11-8-12-20(29)15-19)31(23-14-7-6-13-21(23)30-22)27(33)18-9-4-3-5-10-18/h3-16,25-26,30H,17H2,1-2H3. The van der Waals surface area contributed by atoms with Gasteiger partial charge in [0.2, 0.25) is 0 Å². The van der Waals surface area contributed by atoms with E-state index in [0.29, 0.717) is 23.2 Å². The van der Waals surface area contributed by atoms with Gasteiger partial charge in [0.25, 0.3) is 5.91 Å². The molecule has 3 aromatic carbocycles. The van der Waals surface area contributed by atoms with Crippen molar-refractivity contribution in [2.45, 2.75) is 26.3 Å². The molecule has 3 aromatic rings. The van der Waals surface area contributed by atoms with E-state index < -0.39 is 17.8 Å². The van der Waals surface area contributed by atoms with E-state index in [-0.39, 0.29) is 17.1 Å². The molecule has 4 nitrogen and oxygen atoms in total. The maximum absolute atomic E-state index is 14.4. The highest BCUT2D eigenvalue weighted by molar-refractivity contribution is 6.09. The van der Waals surface area contributed by atoms with Gasteiger partial charge in [-0.15, -0.1) is 0 Å². The van der Waals surface area contributed by atoms with E-state index >= 15 is 0 Å². The van der Waals surface area contributed by atoms with Crippen molar-refractivity contribution in [1.82, 2.24) is 0 Å². The van der Waals surface area contributed by atoms with Gasteiger partial charge in [0.15, 0.2) is 0 Å². The zero-order chi connectivity index (χ0) is 23.2. The number of ketones is 1. The molecule has 1 amide bonds. The molecule has 5 heteroatoms. The smallest absolute Gasteiger partial charge is 0.258 e. The van der Waals surface area contributed by atoms with Crippen LogP contribution in [0.4, 0.5) is 15.8 Å². The molecule has 0 saturated carbocycles. The third kappa shape index (κ3) is 3.84. The number of fused-ring (bicyclic) bond motifs is 2. The van der Waals surface area contributed by atoms with E-state index in [1.807, 2.05) is 56.3 Å². The molecule has 0 bridgehead atoms. The molecule has 0 saturated heterocycles. The summed E-state index contributed by atoms with van der Waals surface area (Å²) in [7, 11) is 0. The molecule has 0 spiro atoms. The Balaban J connectivity index is 1.79. The number of para-hydroxylation sites is 2. The zero-order valence-electron chi connectivity index (χ0n) is 18.6. The second-order valence-electron chi connectivity index (χ2n) is 9.39. The van der Waals surface area contributed by atoms with Crippen molar-refractivity contribution in [3.8, 4) is 0 Å². The van der Waals surface area contributed by atoms with Crippen LogP contribution in [0.5, 0.6) is 0 Å². The summed E-state index contributed by atoms with van der Waals surface area (Å²) in [6.07, 6.45) is 2.43. The van der Waals surface area contributed by atoms with Crippen LogP contribution in [0.1, 0.15) is 42.2 Å². The molecule has 1 N–H and O–H groups in total. The fourth-order valence-corrected chi connectivity index (χ4v) is 4.99. The summed E-state index contributed by atoms with van der Waals surface area (Å²) >= 11 is 0. The van der Waals surface area contributed by atoms with Gasteiger partial charge in [0.1, 0.15) is 11.6 Å². The molecule has 33 heavy (non-hydrogen) atoms. The molecule has 5 rings (SSSR count). The SMILES string of the molecule is CC1(C)C=C2Nc3ccccc3N(C(=O)c3ccccc3)C(c3cccc(F)c3)C2C(=O)C1. The lowest BCUT2D eigenvalue weighted by molar-refractivity contribution is -0.124. The second kappa shape index (κ2) is 8.00. The Morgan fingerprint density at radius 3 is 2.48 bits per heavy atom. The summed E-state index contributed by atoms with van der Waals surface area (Å²) in [4.78, 5) is 29.2. The molecule has 1 aliphatic heterocycles. The van der Waals surface area contributed by atoms with Crippen LogP contribution in [0.3, 0.4) is 0 Å². The van der Waals surface area contributed by atoms with E-state index in [2.05, 4.69) is 11.4 Å². The molecule has 0 radical (unpaired) electrons. The number of hydrogen-bond acceptors (Lipinski definition) is 3. The Kier molecular flexibility index (Phi) is 5.12. The van der Waals surface area contributed by atoms with Crippen LogP contribution in [0.2, 0.25) is 0 Å². The average molecular weight is 441 g/mol. The van der Waals surface area contributed by atoms with Crippen LogP contribution in [0, 0.1) is 17.2 Å². The Morgan fingerprint density at radius 1 is 1.00 bits per heavy atom. The molecule has 1 heterocycles. The lowest BCUT2D eigenvalue weighted by Crippen LogP contribution is -2.43. The fourth-order valence-electron chi connectivity index (χ4n) is 4.99. The van der Waals surface area contributed by atoms with Crippen molar-refractivity contribution in [3.05, 3.63) is 108 Å². The third-order valence-corrected chi connectivity index (χ3v) is 6.32. The molecule has 0 fully saturated rings. The summed E-state index contributed by atoms with van der Waals surface area (Å²) in [6, 6.07) is 22.0. The summed E-state index contributed by atoms with van der Waals surface area (Å²) in [5, 5.41) is 3.45. The summed E-state index contributed by atoms with van der Waals surface area (Å²) in [5.41, 5.74) is 2.91. The molecule has 166 valence electrons. The van der Waals surface area contributed by atoms with Crippen LogP contribution in [-0.2, 0) is 4.79 Å². The first-order valence-corrected chi connectivity index (χ1v) is 11.1. The highest BCUT2D eigenvalue weighted by Gasteiger charge is 2.46. The van der Waals surface area contributed by atoms with E-state index in [0.717, 1.165) is 11.4 Å². The maximum atomic E-state index is 14.4. The quantitative estimate of drug-likeness (QED) is 0.521. The topological polar surface area (TPSA) is 49.4 Å². The largest absolute Gasteiger partial charge is 0.357 e. The summed E-state index contributed by atoms with van der Waals surface area (Å²) in [5.74, 6) is -1.25. The van der Waals surface area contributed by atoms with Crippen LogP contribution in [0.25, 0.3) is 0 Å². The number of Topliss-reactive ketones (excluding diaryl/α,β-unsaturated/α-hetero) is 1. The number of hydrogen-bond donors (Lipinski definition) is 1. The Hall–Kier alpha value is -3.73. The van der Waals surface area contributed by atoms with Crippen LogP contribution >= 0.6 is 0 Å². The van der Waals surface area contributed by atoms with Crippen molar-refractivity contribution in [2.24, 2.45) is 11.3 Å². The summed E-state index contributed by atoms with van der Waals surface area (Å²) in [6.45, 7) is 4.05. The van der Waals surface area contributed by atoms with Gasteiger partial charge in [-0.2, -0.15) is 0 Å². The van der Waals surface area contributed by atoms with Crippen LogP contribution in [0.15, 0.2) is 90.6 Å². The summed E-state index contributed by atoms with van der Waals surface area (Å²) < 4.78 is 14.4. The van der Waals surface area contributed by atoms with E-state index in [9.17, 15) is 14.0 Å². The minimum Gasteiger partial charge on any atom is -0.357 e. The number of benzene rings is 3. The van der Waals surface area contributed by atoms with Crippen molar-refractivity contribution in [3.63, 3.8) is 0 Å². The first-order chi connectivity index (χ1) is 15.8. The van der Waals surface area contributed by atoms with Gasteiger partial charge in [0.05, 0.1) is 23.3 Å². The molecule has 2 unspecified atom stereocenters. The van der Waals surface area contributed by atoms with Gasteiger partial charge in [-0.1, -0.05) is 62.4 Å². The molecule has 1 aliphatic carbocycles. The third-order valence-electron chi connectivity index (χ3n) is 6.32. The Bertz CT molecular complexity index is 1270. The number of nitrogens with one attached hydrogen (secondary N) is 1. The molecule has 2 atom stereocenters. The monoisotopic (exact) mass is 440 g/mol. The van der Waals surface area contributed by atoms with Crippen molar-refractivity contribution >= 4 is 23.1 Å². The highest BCUT2D eigenvalue weighted by atomic mass is 19.1. The predicted molar refractivity (Wildman–Crippen MR) is 127 cm³/mol. The molecular weight excluding hydrogens is 415 g/mol. The van der Waals surface area contributed by atoms with Crippen LogP contribution in [-0.4, -0.2) is 11.7 Å². The number of carbonyl (C=O) groups excluding carboxylic acids is 2. The van der Waals surface area contributed by atoms with Gasteiger partial charge in [0, 0.05) is 17.7 Å². The molecular formula is C28H25FN2O2. The second-order valence-corrected chi connectivity index (χ2v) is 9.39. The van der Waals surface area contributed by atoms with Crippen LogP contribution < -0.4 is 10.2 Å². The molecule has 2 aliphatic rings. The fraction of sp³-hybridized carbons (Fsp3) is 0.214. The minimum absolute atomic E-state index is 0.0259. The van der Waals surface area contributed by atoms with Gasteiger partial charge in [-0.05, 0) is 47.4 Å². The van der Waals surface area contributed by atoms with E-state index in [4.69, 9.17) is 0 Å². The van der Waals surface area contributed by atoms with Gasteiger partial charge in [-0.3, -0.25) is 14.5 Å². The predicted octanol–water partition coefficient (Wildman–Crippen LogP) is 6.14. The number of halogens is 1. The Morgan fingerprint density at radius 2 is 1.73 bits per heavy atom. The van der Waals surface area contributed by atoms with Gasteiger partial charge >= 0.3 is 0 Å². The zero-order valence-corrected chi connectivity index (χ0v) is 18.6. The van der Waals surface area contributed by atoms with Crippen molar-refractivity contribution < 1.29 is 14.0 Å². The number of anilines is 2. The van der Waals surface area contributed by atoms with Gasteiger partial charge < -0.3 is 5.32 Å². The maximum Gasteiger partial charge on any atom is 0.258 e. The lowest BCUT2D eigenvalue weighted by Gasteiger charge is -2.39. The highest BCUT2D eigenvalue weighted by Crippen LogP contribution is 2.48. The van der Waals surface area contributed by atoms with Crippen molar-refractivity contribution in [2.75, 3.05) is 10.2 Å².